The molecule has 3 rings (SSSR count). The molecule has 2 aromatic carbocycles. The van der Waals surface area contributed by atoms with E-state index < -0.39 is 11.7 Å². The molecule has 0 saturated carbocycles. The summed E-state index contributed by atoms with van der Waals surface area (Å²) in [5.41, 5.74) is 7.13. The SMILES string of the molecule is N/C(=N\N(N)C1CCCOC1)c1ccccc1Nc1ccc(C(F)(F)F)cc1. The topological polar surface area (TPSA) is 88.9 Å². The second-order valence-electron chi connectivity index (χ2n) is 6.48. The average molecular weight is 393 g/mol. The summed E-state index contributed by atoms with van der Waals surface area (Å²) in [4.78, 5) is 0. The molecule has 28 heavy (non-hydrogen) atoms. The second kappa shape index (κ2) is 8.49. The van der Waals surface area contributed by atoms with Crippen molar-refractivity contribution in [1.29, 1.82) is 0 Å². The van der Waals surface area contributed by atoms with E-state index in [9.17, 15) is 13.2 Å². The van der Waals surface area contributed by atoms with E-state index in [-0.39, 0.29) is 11.9 Å². The summed E-state index contributed by atoms with van der Waals surface area (Å²) < 4.78 is 43.5. The van der Waals surface area contributed by atoms with Crippen LogP contribution in [-0.4, -0.2) is 30.2 Å². The fourth-order valence-corrected chi connectivity index (χ4v) is 2.91. The number of benzene rings is 2. The highest BCUT2D eigenvalue weighted by Gasteiger charge is 2.30. The van der Waals surface area contributed by atoms with E-state index in [1.54, 1.807) is 24.3 Å². The normalized spacial score (nSPS) is 18.0. The average Bonchev–Trinajstić information content (AvgIpc) is 2.68. The molecule has 1 atom stereocenters. The molecule has 0 aliphatic carbocycles. The van der Waals surface area contributed by atoms with Crippen LogP contribution in [0.15, 0.2) is 53.6 Å². The maximum Gasteiger partial charge on any atom is 0.416 e. The molecule has 0 amide bonds. The van der Waals surface area contributed by atoms with Gasteiger partial charge in [-0.2, -0.15) is 13.2 Å². The van der Waals surface area contributed by atoms with Crippen LogP contribution in [0.3, 0.4) is 0 Å². The Morgan fingerprint density at radius 3 is 2.50 bits per heavy atom. The first-order chi connectivity index (χ1) is 13.3. The highest BCUT2D eigenvalue weighted by molar-refractivity contribution is 6.02. The lowest BCUT2D eigenvalue weighted by Crippen LogP contribution is -2.43. The Labute approximate surface area is 160 Å². The monoisotopic (exact) mass is 393 g/mol. The molecule has 1 aliphatic rings. The van der Waals surface area contributed by atoms with E-state index in [1.807, 2.05) is 0 Å². The number of nitrogens with one attached hydrogen (secondary N) is 1. The molecule has 1 fully saturated rings. The van der Waals surface area contributed by atoms with Crippen molar-refractivity contribution < 1.29 is 17.9 Å². The van der Waals surface area contributed by atoms with Crippen molar-refractivity contribution in [3.05, 3.63) is 59.7 Å². The van der Waals surface area contributed by atoms with E-state index >= 15 is 0 Å². The van der Waals surface area contributed by atoms with E-state index in [0.717, 1.165) is 25.0 Å². The standard InChI is InChI=1S/C19H22F3N5O/c20-19(21,22)13-7-9-14(10-8-13)25-17-6-2-1-5-16(17)18(23)26-27(24)15-4-3-11-28-12-15/h1-2,5-10,15,25H,3-4,11-12,24H2,(H2,23,26). The summed E-state index contributed by atoms with van der Waals surface area (Å²) >= 11 is 0. The Hall–Kier alpha value is -2.78. The van der Waals surface area contributed by atoms with Gasteiger partial charge in [-0.05, 0) is 49.2 Å². The molecule has 9 heteroatoms. The first kappa shape index (κ1) is 20.0. The zero-order chi connectivity index (χ0) is 20.1. The summed E-state index contributed by atoms with van der Waals surface area (Å²) in [5, 5.41) is 8.64. The van der Waals surface area contributed by atoms with Crippen LogP contribution in [0.1, 0.15) is 24.0 Å². The molecule has 1 unspecified atom stereocenters. The molecule has 2 aromatic rings. The van der Waals surface area contributed by atoms with Crippen LogP contribution in [0.4, 0.5) is 24.5 Å². The number of nitrogens with two attached hydrogens (primary N) is 2. The number of halogens is 3. The third kappa shape index (κ3) is 4.93. The van der Waals surface area contributed by atoms with Gasteiger partial charge in [0.1, 0.15) is 0 Å². The number of ether oxygens (including phenoxy) is 1. The molecular weight excluding hydrogens is 371 g/mol. The van der Waals surface area contributed by atoms with Gasteiger partial charge >= 0.3 is 6.18 Å². The lowest BCUT2D eigenvalue weighted by molar-refractivity contribution is -0.137. The maximum atomic E-state index is 12.7. The summed E-state index contributed by atoms with van der Waals surface area (Å²) in [7, 11) is 0. The molecule has 0 aromatic heterocycles. The molecule has 5 N–H and O–H groups in total. The zero-order valence-electron chi connectivity index (χ0n) is 15.1. The smallest absolute Gasteiger partial charge is 0.382 e. The minimum atomic E-state index is -4.37. The fraction of sp³-hybridized carbons (Fsp3) is 0.316. The van der Waals surface area contributed by atoms with Gasteiger partial charge in [0.25, 0.3) is 0 Å². The largest absolute Gasteiger partial charge is 0.416 e. The van der Waals surface area contributed by atoms with Gasteiger partial charge in [0.2, 0.25) is 0 Å². The number of hydrogen-bond acceptors (Lipinski definition) is 5. The third-order valence-corrected chi connectivity index (χ3v) is 4.43. The number of hydrogen-bond donors (Lipinski definition) is 3. The zero-order valence-corrected chi connectivity index (χ0v) is 15.1. The number of anilines is 2. The summed E-state index contributed by atoms with van der Waals surface area (Å²) in [6.45, 7) is 1.20. The quantitative estimate of drug-likeness (QED) is 0.314. The number of amidine groups is 1. The minimum Gasteiger partial charge on any atom is -0.382 e. The van der Waals surface area contributed by atoms with Gasteiger partial charge in [0.15, 0.2) is 5.84 Å². The molecule has 0 radical (unpaired) electrons. The van der Waals surface area contributed by atoms with Crippen LogP contribution in [0.2, 0.25) is 0 Å². The van der Waals surface area contributed by atoms with Gasteiger partial charge < -0.3 is 15.8 Å². The van der Waals surface area contributed by atoms with Crippen molar-refractivity contribution >= 4 is 17.2 Å². The Morgan fingerprint density at radius 1 is 1.14 bits per heavy atom. The van der Waals surface area contributed by atoms with Crippen molar-refractivity contribution in [2.24, 2.45) is 16.7 Å². The lowest BCUT2D eigenvalue weighted by Gasteiger charge is -2.28. The van der Waals surface area contributed by atoms with Crippen molar-refractivity contribution in [1.82, 2.24) is 5.12 Å². The molecule has 0 bridgehead atoms. The van der Waals surface area contributed by atoms with Gasteiger partial charge in [-0.15, -0.1) is 5.10 Å². The van der Waals surface area contributed by atoms with Crippen LogP contribution >= 0.6 is 0 Å². The van der Waals surface area contributed by atoms with E-state index in [4.69, 9.17) is 16.3 Å². The van der Waals surface area contributed by atoms with Crippen LogP contribution in [-0.2, 0) is 10.9 Å². The highest BCUT2D eigenvalue weighted by atomic mass is 19.4. The Morgan fingerprint density at radius 2 is 1.86 bits per heavy atom. The van der Waals surface area contributed by atoms with Crippen LogP contribution in [0, 0.1) is 0 Å². The van der Waals surface area contributed by atoms with Crippen LogP contribution in [0.25, 0.3) is 0 Å². The van der Waals surface area contributed by atoms with Gasteiger partial charge in [-0.3, -0.25) is 0 Å². The molecule has 6 nitrogen and oxygen atoms in total. The van der Waals surface area contributed by atoms with Crippen LogP contribution in [0.5, 0.6) is 0 Å². The Bertz CT molecular complexity index is 817. The lowest BCUT2D eigenvalue weighted by atomic mass is 10.1. The number of para-hydroxylation sites is 1. The van der Waals surface area contributed by atoms with Crippen molar-refractivity contribution in [2.45, 2.75) is 25.1 Å². The van der Waals surface area contributed by atoms with E-state index in [0.29, 0.717) is 30.2 Å². The number of nitrogens with zero attached hydrogens (tertiary/aromatic N) is 2. The number of hydrazine groups is 1. The molecule has 1 aliphatic heterocycles. The number of alkyl halides is 3. The Balaban J connectivity index is 1.77. The summed E-state index contributed by atoms with van der Waals surface area (Å²) in [5.74, 6) is 6.20. The second-order valence-corrected chi connectivity index (χ2v) is 6.48. The Kier molecular flexibility index (Phi) is 6.05. The number of hydrazone groups is 1. The predicted octanol–water partition coefficient (Wildman–Crippen LogP) is 3.42. The van der Waals surface area contributed by atoms with Gasteiger partial charge in [-0.25, -0.2) is 11.0 Å². The first-order valence-electron chi connectivity index (χ1n) is 8.84. The first-order valence-corrected chi connectivity index (χ1v) is 8.84. The summed E-state index contributed by atoms with van der Waals surface area (Å²) in [6.07, 6.45) is -2.61. The van der Waals surface area contributed by atoms with Gasteiger partial charge in [-0.1, -0.05) is 12.1 Å². The predicted molar refractivity (Wildman–Crippen MR) is 102 cm³/mol. The molecular formula is C19H22F3N5O. The van der Waals surface area contributed by atoms with Gasteiger partial charge in [0.05, 0.1) is 18.2 Å². The fourth-order valence-electron chi connectivity index (χ4n) is 2.91. The summed E-state index contributed by atoms with van der Waals surface area (Å²) in [6, 6.07) is 11.8. The van der Waals surface area contributed by atoms with Crippen molar-refractivity contribution in [3.63, 3.8) is 0 Å². The minimum absolute atomic E-state index is 0.0534. The molecule has 1 saturated heterocycles. The highest BCUT2D eigenvalue weighted by Crippen LogP contribution is 2.30. The maximum absolute atomic E-state index is 12.7. The molecule has 0 spiro atoms. The third-order valence-electron chi connectivity index (χ3n) is 4.43. The van der Waals surface area contributed by atoms with Crippen molar-refractivity contribution in [2.75, 3.05) is 18.5 Å². The van der Waals surface area contributed by atoms with Crippen LogP contribution < -0.4 is 16.9 Å². The van der Waals surface area contributed by atoms with E-state index in [2.05, 4.69) is 10.4 Å². The van der Waals surface area contributed by atoms with Gasteiger partial charge in [0, 0.05) is 23.5 Å². The molecule has 150 valence electrons. The molecule has 1 heterocycles. The van der Waals surface area contributed by atoms with E-state index in [1.165, 1.54) is 17.3 Å². The number of rotatable bonds is 5. The van der Waals surface area contributed by atoms with Crippen molar-refractivity contribution in [3.8, 4) is 0 Å².